The van der Waals surface area contributed by atoms with Crippen molar-refractivity contribution in [1.29, 1.82) is 0 Å². The summed E-state index contributed by atoms with van der Waals surface area (Å²) < 4.78 is 0. The van der Waals surface area contributed by atoms with Crippen LogP contribution in [0.2, 0.25) is 0 Å². The highest BCUT2D eigenvalue weighted by atomic mass is 16.1. The van der Waals surface area contributed by atoms with E-state index in [2.05, 4.69) is 56.0 Å². The zero-order valence-electron chi connectivity index (χ0n) is 13.0. The number of imidazole rings is 1. The van der Waals surface area contributed by atoms with Crippen LogP contribution in [0.4, 0.5) is 0 Å². The number of hydrogen-bond donors (Lipinski definition) is 3. The van der Waals surface area contributed by atoms with Crippen LogP contribution in [0.5, 0.6) is 0 Å². The standard InChI is InChI=1S/C16H25N3O/c1-10(2)16(4,5)9-17-11(3)12-6-7-13-14(8-12)19-15(20)18-13/h6-8,10-11,17H,9H2,1-5H3,(H2,18,19,20). The molecule has 1 aromatic heterocycles. The molecule has 2 rings (SSSR count). The molecule has 0 aliphatic heterocycles. The first-order chi connectivity index (χ1) is 9.29. The lowest BCUT2D eigenvalue weighted by molar-refractivity contribution is 0.230. The van der Waals surface area contributed by atoms with Crippen LogP contribution in [0.15, 0.2) is 23.0 Å². The van der Waals surface area contributed by atoms with Gasteiger partial charge < -0.3 is 15.3 Å². The summed E-state index contributed by atoms with van der Waals surface area (Å²) in [6.45, 7) is 12.2. The Morgan fingerprint density at radius 2 is 1.80 bits per heavy atom. The minimum atomic E-state index is -0.154. The number of nitrogens with one attached hydrogen (secondary N) is 3. The maximum absolute atomic E-state index is 11.3. The van der Waals surface area contributed by atoms with Gasteiger partial charge in [0.15, 0.2) is 0 Å². The molecule has 4 nitrogen and oxygen atoms in total. The first-order valence-corrected chi connectivity index (χ1v) is 7.25. The summed E-state index contributed by atoms with van der Waals surface area (Å²) in [6.07, 6.45) is 0. The van der Waals surface area contributed by atoms with Gasteiger partial charge in [-0.25, -0.2) is 4.79 Å². The van der Waals surface area contributed by atoms with Gasteiger partial charge in [-0.05, 0) is 36.0 Å². The number of aromatic amines is 2. The van der Waals surface area contributed by atoms with Gasteiger partial charge in [-0.15, -0.1) is 0 Å². The first-order valence-electron chi connectivity index (χ1n) is 7.25. The van der Waals surface area contributed by atoms with Crippen molar-refractivity contribution in [3.8, 4) is 0 Å². The molecule has 0 radical (unpaired) electrons. The average Bonchev–Trinajstić information content (AvgIpc) is 2.74. The molecule has 0 bridgehead atoms. The molecule has 0 saturated carbocycles. The Labute approximate surface area is 120 Å². The van der Waals surface area contributed by atoms with Gasteiger partial charge in [0.25, 0.3) is 0 Å². The van der Waals surface area contributed by atoms with Crippen LogP contribution in [0.3, 0.4) is 0 Å². The predicted molar refractivity (Wildman–Crippen MR) is 84.0 cm³/mol. The molecule has 1 aromatic carbocycles. The van der Waals surface area contributed by atoms with Gasteiger partial charge in [-0.2, -0.15) is 0 Å². The van der Waals surface area contributed by atoms with E-state index >= 15 is 0 Å². The molecule has 1 unspecified atom stereocenters. The van der Waals surface area contributed by atoms with Crippen molar-refractivity contribution < 1.29 is 0 Å². The SMILES string of the molecule is CC(NCC(C)(C)C(C)C)c1ccc2[nH]c(=O)[nH]c2c1. The summed E-state index contributed by atoms with van der Waals surface area (Å²) in [5.74, 6) is 0.630. The Balaban J connectivity index is 2.11. The normalized spacial score (nSPS) is 14.1. The van der Waals surface area contributed by atoms with Crippen molar-refractivity contribution in [2.45, 2.75) is 40.7 Å². The monoisotopic (exact) mass is 275 g/mol. The van der Waals surface area contributed by atoms with Gasteiger partial charge in [0, 0.05) is 12.6 Å². The fourth-order valence-corrected chi connectivity index (χ4v) is 2.06. The topological polar surface area (TPSA) is 60.7 Å². The summed E-state index contributed by atoms with van der Waals surface area (Å²) in [7, 11) is 0. The third-order valence-corrected chi connectivity index (χ3v) is 4.47. The Bertz CT molecular complexity index is 636. The lowest BCUT2D eigenvalue weighted by atomic mass is 9.81. The van der Waals surface area contributed by atoms with Gasteiger partial charge >= 0.3 is 5.69 Å². The molecular formula is C16H25N3O. The number of aromatic nitrogens is 2. The average molecular weight is 275 g/mol. The zero-order valence-corrected chi connectivity index (χ0v) is 13.0. The molecular weight excluding hydrogens is 250 g/mol. The number of benzene rings is 1. The number of fused-ring (bicyclic) bond motifs is 1. The fourth-order valence-electron chi connectivity index (χ4n) is 2.06. The molecule has 1 heterocycles. The Morgan fingerprint density at radius 1 is 1.15 bits per heavy atom. The van der Waals surface area contributed by atoms with Gasteiger partial charge in [0.05, 0.1) is 11.0 Å². The molecule has 20 heavy (non-hydrogen) atoms. The van der Waals surface area contributed by atoms with Crippen molar-refractivity contribution in [1.82, 2.24) is 15.3 Å². The number of H-pyrrole nitrogens is 2. The summed E-state index contributed by atoms with van der Waals surface area (Å²) >= 11 is 0. The Hall–Kier alpha value is -1.55. The van der Waals surface area contributed by atoms with E-state index in [1.807, 2.05) is 12.1 Å². The van der Waals surface area contributed by atoms with Crippen LogP contribution in [-0.2, 0) is 0 Å². The highest BCUT2D eigenvalue weighted by Crippen LogP contribution is 2.26. The van der Waals surface area contributed by atoms with Crippen molar-refractivity contribution in [3.63, 3.8) is 0 Å². The highest BCUT2D eigenvalue weighted by molar-refractivity contribution is 5.75. The molecule has 0 amide bonds. The van der Waals surface area contributed by atoms with Crippen molar-refractivity contribution in [3.05, 3.63) is 34.2 Å². The van der Waals surface area contributed by atoms with Gasteiger partial charge in [-0.3, -0.25) is 0 Å². The van der Waals surface area contributed by atoms with E-state index in [0.29, 0.717) is 5.92 Å². The van der Waals surface area contributed by atoms with Crippen molar-refractivity contribution in [2.75, 3.05) is 6.54 Å². The van der Waals surface area contributed by atoms with E-state index in [4.69, 9.17) is 0 Å². The van der Waals surface area contributed by atoms with Crippen molar-refractivity contribution >= 4 is 11.0 Å². The van der Waals surface area contributed by atoms with Gasteiger partial charge in [0.1, 0.15) is 0 Å². The molecule has 1 atom stereocenters. The third kappa shape index (κ3) is 3.12. The quantitative estimate of drug-likeness (QED) is 0.785. The number of rotatable bonds is 5. The molecule has 110 valence electrons. The van der Waals surface area contributed by atoms with Crippen LogP contribution >= 0.6 is 0 Å². The molecule has 0 aliphatic rings. The fraction of sp³-hybridized carbons (Fsp3) is 0.562. The van der Waals surface area contributed by atoms with Crippen LogP contribution in [0.1, 0.15) is 46.2 Å². The van der Waals surface area contributed by atoms with E-state index in [0.717, 1.165) is 17.6 Å². The maximum atomic E-state index is 11.3. The van der Waals surface area contributed by atoms with E-state index in [9.17, 15) is 4.79 Å². The minimum absolute atomic E-state index is 0.154. The summed E-state index contributed by atoms with van der Waals surface area (Å²) in [6, 6.07) is 6.31. The predicted octanol–water partition coefficient (Wildman–Crippen LogP) is 3.19. The van der Waals surface area contributed by atoms with Crippen LogP contribution in [0, 0.1) is 11.3 Å². The van der Waals surface area contributed by atoms with Crippen molar-refractivity contribution in [2.24, 2.45) is 11.3 Å². The summed E-state index contributed by atoms with van der Waals surface area (Å²) in [5.41, 5.74) is 3.02. The summed E-state index contributed by atoms with van der Waals surface area (Å²) in [4.78, 5) is 16.8. The number of hydrogen-bond acceptors (Lipinski definition) is 2. The molecule has 0 aliphatic carbocycles. The second kappa shape index (κ2) is 5.44. The Kier molecular flexibility index (Phi) is 4.04. The van der Waals surface area contributed by atoms with E-state index in [1.165, 1.54) is 5.56 Å². The van der Waals surface area contributed by atoms with Crippen LogP contribution in [-0.4, -0.2) is 16.5 Å². The highest BCUT2D eigenvalue weighted by Gasteiger charge is 2.22. The second-order valence-electron chi connectivity index (χ2n) is 6.63. The van der Waals surface area contributed by atoms with Gasteiger partial charge in [-0.1, -0.05) is 33.8 Å². The van der Waals surface area contributed by atoms with Crippen LogP contribution < -0.4 is 11.0 Å². The lowest BCUT2D eigenvalue weighted by Crippen LogP contribution is -2.34. The molecule has 3 N–H and O–H groups in total. The van der Waals surface area contributed by atoms with E-state index < -0.39 is 0 Å². The van der Waals surface area contributed by atoms with Gasteiger partial charge in [0.2, 0.25) is 0 Å². The van der Waals surface area contributed by atoms with E-state index in [-0.39, 0.29) is 17.1 Å². The van der Waals surface area contributed by atoms with E-state index in [1.54, 1.807) is 0 Å². The first kappa shape index (κ1) is 14.9. The smallest absolute Gasteiger partial charge is 0.310 e. The Morgan fingerprint density at radius 3 is 2.45 bits per heavy atom. The molecule has 0 saturated heterocycles. The molecule has 2 aromatic rings. The lowest BCUT2D eigenvalue weighted by Gasteiger charge is -2.31. The maximum Gasteiger partial charge on any atom is 0.323 e. The molecule has 0 spiro atoms. The van der Waals surface area contributed by atoms with Crippen LogP contribution in [0.25, 0.3) is 11.0 Å². The third-order valence-electron chi connectivity index (χ3n) is 4.47. The largest absolute Gasteiger partial charge is 0.323 e. The zero-order chi connectivity index (χ0) is 14.9. The second-order valence-corrected chi connectivity index (χ2v) is 6.63. The minimum Gasteiger partial charge on any atom is -0.310 e. The molecule has 0 fully saturated rings. The molecule has 4 heteroatoms. The summed E-state index contributed by atoms with van der Waals surface area (Å²) in [5, 5.41) is 3.59.